The highest BCUT2D eigenvalue weighted by Crippen LogP contribution is 2.28. The van der Waals surface area contributed by atoms with Gasteiger partial charge in [-0.3, -0.25) is 9.59 Å². The summed E-state index contributed by atoms with van der Waals surface area (Å²) in [4.78, 5) is 26.9. The summed E-state index contributed by atoms with van der Waals surface area (Å²) in [5, 5.41) is 0.524. The van der Waals surface area contributed by atoms with Crippen LogP contribution < -0.4 is 9.57 Å². The smallest absolute Gasteiger partial charge is 0.342 e. The lowest BCUT2D eigenvalue weighted by atomic mass is 9.98. The fourth-order valence-corrected chi connectivity index (χ4v) is 3.40. The Morgan fingerprint density at radius 2 is 1.87 bits per heavy atom. The first-order chi connectivity index (χ1) is 14.9. The van der Waals surface area contributed by atoms with Gasteiger partial charge < -0.3 is 9.64 Å². The minimum atomic E-state index is -0.339. The number of hydrogen-bond acceptors (Lipinski definition) is 3. The lowest BCUT2D eigenvalue weighted by Crippen LogP contribution is -2.35. The van der Waals surface area contributed by atoms with Crippen molar-refractivity contribution in [2.45, 2.75) is 40.0 Å². The zero-order valence-corrected chi connectivity index (χ0v) is 19.2. The Kier molecular flexibility index (Phi) is 9.51. The van der Waals surface area contributed by atoms with E-state index in [1.54, 1.807) is 30.0 Å². The summed E-state index contributed by atoms with van der Waals surface area (Å²) in [5.74, 6) is -0.171. The molecule has 0 fully saturated rings. The highest BCUT2D eigenvalue weighted by molar-refractivity contribution is 6.31. The standard InChI is InChI=1S/C25H30ClN2O3/c1-5-18(3)16-23(29)28(15-14-24(30)31-6-2)22-13-12-20(26)17-21(22)25(27-4)19-10-8-7-9-11-19/h7-13,17-18H,4-6,14-16H2,1-3H3/q+1/t18-/m0/s1. The van der Waals surface area contributed by atoms with Crippen molar-refractivity contribution in [2.75, 3.05) is 18.1 Å². The van der Waals surface area contributed by atoms with Crippen LogP contribution in [0.4, 0.5) is 5.69 Å². The number of rotatable bonds is 10. The molecule has 0 bridgehead atoms. The molecule has 0 saturated carbocycles. The Morgan fingerprint density at radius 1 is 1.16 bits per heavy atom. The molecule has 6 heteroatoms. The second kappa shape index (κ2) is 12.1. The van der Waals surface area contributed by atoms with E-state index in [-0.39, 0.29) is 30.8 Å². The summed E-state index contributed by atoms with van der Waals surface area (Å²) in [6.07, 6.45) is 1.37. The average Bonchev–Trinajstić information content (AvgIpc) is 2.76. The van der Waals surface area contributed by atoms with Gasteiger partial charge in [-0.15, -0.1) is 0 Å². The summed E-state index contributed by atoms with van der Waals surface area (Å²) in [7, 11) is 0. The molecule has 0 aliphatic carbocycles. The topological polar surface area (TPSA) is 60.7 Å². The maximum absolute atomic E-state index is 13.3. The van der Waals surface area contributed by atoms with Gasteiger partial charge in [0.15, 0.2) is 0 Å². The third-order valence-corrected chi connectivity index (χ3v) is 5.31. The van der Waals surface area contributed by atoms with Crippen LogP contribution in [0.3, 0.4) is 0 Å². The van der Waals surface area contributed by atoms with Crippen LogP contribution in [0.1, 0.15) is 51.2 Å². The normalized spacial score (nSPS) is 11.4. The largest absolute Gasteiger partial charge is 0.466 e. The molecule has 5 nitrogen and oxygen atoms in total. The molecule has 0 radical (unpaired) electrons. The first kappa shape index (κ1) is 24.4. The van der Waals surface area contributed by atoms with Gasteiger partial charge in [0, 0.05) is 18.0 Å². The van der Waals surface area contributed by atoms with Crippen LogP contribution >= 0.6 is 11.6 Å². The fourth-order valence-electron chi connectivity index (χ4n) is 3.23. The van der Waals surface area contributed by atoms with Crippen molar-refractivity contribution in [3.8, 4) is 0 Å². The molecule has 0 aliphatic heterocycles. The van der Waals surface area contributed by atoms with Crippen LogP contribution in [0.15, 0.2) is 48.5 Å². The van der Waals surface area contributed by atoms with Crippen molar-refractivity contribution in [2.24, 2.45) is 5.92 Å². The summed E-state index contributed by atoms with van der Waals surface area (Å²) in [5.41, 5.74) is 2.82. The predicted molar refractivity (Wildman–Crippen MR) is 128 cm³/mol. The van der Waals surface area contributed by atoms with Crippen LogP contribution in [0.25, 0.3) is 0 Å². The second-order valence-electron chi connectivity index (χ2n) is 7.35. The lowest BCUT2D eigenvalue weighted by molar-refractivity contribution is -0.142. The van der Waals surface area contributed by atoms with E-state index in [0.29, 0.717) is 35.0 Å². The SMILES string of the molecule is C=[N+]=C(c1ccccc1)c1cc(Cl)ccc1N(CCC(=O)OCC)C(=O)C[C@@H](C)CC. The molecule has 0 N–H and O–H groups in total. The third kappa shape index (κ3) is 6.81. The van der Waals surface area contributed by atoms with Gasteiger partial charge in [-0.25, -0.2) is 0 Å². The number of esters is 1. The fraction of sp³-hybridized carbons (Fsp3) is 0.360. The van der Waals surface area contributed by atoms with Gasteiger partial charge in [0.2, 0.25) is 5.91 Å². The van der Waals surface area contributed by atoms with Crippen molar-refractivity contribution in [3.05, 3.63) is 64.7 Å². The van der Waals surface area contributed by atoms with Gasteiger partial charge in [0.05, 0.1) is 29.8 Å². The number of benzene rings is 2. The molecule has 0 saturated heterocycles. The van der Waals surface area contributed by atoms with Gasteiger partial charge in [-0.2, -0.15) is 0 Å². The number of nitrogens with zero attached hydrogens (tertiary/aromatic N) is 2. The number of carbonyl (C=O) groups excluding carboxylic acids is 2. The maximum atomic E-state index is 13.3. The van der Waals surface area contributed by atoms with Crippen molar-refractivity contribution in [1.82, 2.24) is 4.67 Å². The summed E-state index contributed by atoms with van der Waals surface area (Å²) < 4.78 is 9.32. The number of ether oxygens (including phenoxy) is 1. The van der Waals surface area contributed by atoms with E-state index >= 15 is 0 Å². The lowest BCUT2D eigenvalue weighted by Gasteiger charge is -2.25. The van der Waals surface area contributed by atoms with Gasteiger partial charge in [-0.05, 0) is 43.2 Å². The van der Waals surface area contributed by atoms with Crippen molar-refractivity contribution in [1.29, 1.82) is 0 Å². The molecule has 1 amide bonds. The molecule has 0 aromatic heterocycles. The maximum Gasteiger partial charge on any atom is 0.342 e. The number of amides is 1. The van der Waals surface area contributed by atoms with Crippen LogP contribution in [0, 0.1) is 5.92 Å². The van der Waals surface area contributed by atoms with Gasteiger partial charge in [0.1, 0.15) is 0 Å². The van der Waals surface area contributed by atoms with E-state index in [4.69, 9.17) is 16.3 Å². The predicted octanol–water partition coefficient (Wildman–Crippen LogP) is 4.67. The molecule has 0 unspecified atom stereocenters. The van der Waals surface area contributed by atoms with Crippen LogP contribution in [-0.4, -0.2) is 37.5 Å². The van der Waals surface area contributed by atoms with E-state index in [9.17, 15) is 9.59 Å². The Labute approximate surface area is 189 Å². The molecule has 0 spiro atoms. The number of carbonyl (C=O) groups is 2. The molecule has 2 aromatic carbocycles. The minimum Gasteiger partial charge on any atom is -0.466 e. The Balaban J connectivity index is 2.52. The summed E-state index contributed by atoms with van der Waals surface area (Å²) >= 11 is 6.31. The molecule has 31 heavy (non-hydrogen) atoms. The van der Waals surface area contributed by atoms with Crippen LogP contribution in [0.2, 0.25) is 5.02 Å². The quantitative estimate of drug-likeness (QED) is 0.306. The molecule has 2 rings (SSSR count). The monoisotopic (exact) mass is 441 g/mol. The van der Waals surface area contributed by atoms with E-state index in [1.165, 1.54) is 0 Å². The molecule has 0 heterocycles. The van der Waals surface area contributed by atoms with Crippen molar-refractivity contribution in [3.63, 3.8) is 0 Å². The van der Waals surface area contributed by atoms with Crippen molar-refractivity contribution >= 4 is 41.6 Å². The molecular weight excluding hydrogens is 412 g/mol. The van der Waals surface area contributed by atoms with Gasteiger partial charge >= 0.3 is 11.7 Å². The molecular formula is C25H30ClN2O3+. The zero-order chi connectivity index (χ0) is 22.8. The zero-order valence-electron chi connectivity index (χ0n) is 18.4. The molecule has 0 aliphatic rings. The van der Waals surface area contributed by atoms with E-state index < -0.39 is 0 Å². The average molecular weight is 442 g/mol. The summed E-state index contributed by atoms with van der Waals surface area (Å²) in [6.45, 7) is 10.1. The molecule has 164 valence electrons. The summed E-state index contributed by atoms with van der Waals surface area (Å²) in [6, 6.07) is 14.9. The van der Waals surface area contributed by atoms with E-state index in [2.05, 4.69) is 18.3 Å². The first-order valence-electron chi connectivity index (χ1n) is 10.6. The van der Waals surface area contributed by atoms with E-state index in [1.807, 2.05) is 37.3 Å². The Morgan fingerprint density at radius 3 is 2.48 bits per heavy atom. The highest BCUT2D eigenvalue weighted by Gasteiger charge is 2.27. The minimum absolute atomic E-state index is 0.0568. The third-order valence-electron chi connectivity index (χ3n) is 5.08. The Bertz CT molecular complexity index is 952. The van der Waals surface area contributed by atoms with Gasteiger partial charge in [0.25, 0.3) is 6.72 Å². The number of anilines is 1. The molecule has 1 atom stereocenters. The van der Waals surface area contributed by atoms with E-state index in [0.717, 1.165) is 12.0 Å². The Hall–Kier alpha value is -2.88. The van der Waals surface area contributed by atoms with Crippen LogP contribution in [0.5, 0.6) is 0 Å². The highest BCUT2D eigenvalue weighted by atomic mass is 35.5. The molecule has 2 aromatic rings. The number of hydrogen-bond donors (Lipinski definition) is 0. The van der Waals surface area contributed by atoms with Gasteiger partial charge in [-0.1, -0.05) is 54.7 Å². The number of halogens is 1. The first-order valence-corrected chi connectivity index (χ1v) is 10.9. The van der Waals surface area contributed by atoms with Crippen LogP contribution in [-0.2, 0) is 14.3 Å². The second-order valence-corrected chi connectivity index (χ2v) is 7.79. The van der Waals surface area contributed by atoms with Crippen molar-refractivity contribution < 1.29 is 14.3 Å².